The van der Waals surface area contributed by atoms with Crippen LogP contribution < -0.4 is 19.3 Å². The monoisotopic (exact) mass is 760 g/mol. The normalized spacial score (nSPS) is 14.4. The van der Waals surface area contributed by atoms with Crippen molar-refractivity contribution in [3.05, 3.63) is 241 Å². The second-order valence-electron chi connectivity index (χ2n) is 14.6. The van der Waals surface area contributed by atoms with Gasteiger partial charge in [0.25, 0.3) is 0 Å². The Hall–Kier alpha value is -7.96. The minimum absolute atomic E-state index is 0.699. The minimum atomic E-state index is -0.710. The van der Waals surface area contributed by atoms with Crippen molar-refractivity contribution in [1.82, 2.24) is 9.97 Å². The zero-order valence-corrected chi connectivity index (χ0v) is 31.9. The van der Waals surface area contributed by atoms with Crippen molar-refractivity contribution in [2.24, 2.45) is 0 Å². The Morgan fingerprint density at radius 1 is 0.356 bits per heavy atom. The second-order valence-corrected chi connectivity index (χ2v) is 14.6. The summed E-state index contributed by atoms with van der Waals surface area (Å²) in [5.41, 5.74) is 12.2. The summed E-state index contributed by atoms with van der Waals surface area (Å²) in [6.45, 7) is 0. The maximum Gasteiger partial charge on any atom is 0.178 e. The molecular formula is C53H36N4O2. The van der Waals surface area contributed by atoms with Crippen molar-refractivity contribution in [2.75, 3.05) is 9.80 Å². The number of benzene rings is 7. The zero-order chi connectivity index (χ0) is 39.2. The van der Waals surface area contributed by atoms with Gasteiger partial charge in [0, 0.05) is 52.6 Å². The van der Waals surface area contributed by atoms with Gasteiger partial charge < -0.3 is 19.3 Å². The van der Waals surface area contributed by atoms with Gasteiger partial charge in [0.15, 0.2) is 23.0 Å². The summed E-state index contributed by atoms with van der Waals surface area (Å²) in [5.74, 6) is 2.83. The van der Waals surface area contributed by atoms with E-state index >= 15 is 0 Å². The topological polar surface area (TPSA) is 50.7 Å². The van der Waals surface area contributed by atoms with Crippen LogP contribution in [0.1, 0.15) is 22.3 Å². The molecule has 3 heterocycles. The van der Waals surface area contributed by atoms with Crippen molar-refractivity contribution in [3.8, 4) is 34.1 Å². The second kappa shape index (κ2) is 14.2. The quantitative estimate of drug-likeness (QED) is 0.154. The maximum absolute atomic E-state index is 6.79. The van der Waals surface area contributed by atoms with Crippen molar-refractivity contribution in [1.29, 1.82) is 0 Å². The number of hydrogen-bond donors (Lipinski definition) is 0. The van der Waals surface area contributed by atoms with Crippen LogP contribution in [0.5, 0.6) is 23.0 Å². The van der Waals surface area contributed by atoms with E-state index in [0.717, 1.165) is 67.7 Å². The predicted molar refractivity (Wildman–Crippen MR) is 235 cm³/mol. The molecule has 0 fully saturated rings. The van der Waals surface area contributed by atoms with Crippen LogP contribution in [-0.4, -0.2) is 9.97 Å². The summed E-state index contributed by atoms with van der Waals surface area (Å²) >= 11 is 0. The summed E-state index contributed by atoms with van der Waals surface area (Å²) < 4.78 is 13.3. The molecule has 0 N–H and O–H groups in total. The Balaban J connectivity index is 1.12. The van der Waals surface area contributed by atoms with Crippen molar-refractivity contribution < 1.29 is 9.47 Å². The van der Waals surface area contributed by atoms with Gasteiger partial charge in [0.1, 0.15) is 0 Å². The van der Waals surface area contributed by atoms with E-state index in [-0.39, 0.29) is 0 Å². The molecule has 59 heavy (non-hydrogen) atoms. The SMILES string of the molecule is c1ccc(N(c2ccncc2)c2ccc(C3(c4ccc(N(c5ccccc5)c5cccnc5)cc4)c4ccccc4-c4c3ccc3c4Oc4ccccc4O3)cc2)cc1. The van der Waals surface area contributed by atoms with E-state index in [4.69, 9.17) is 9.47 Å². The van der Waals surface area contributed by atoms with E-state index in [9.17, 15) is 0 Å². The lowest BCUT2D eigenvalue weighted by molar-refractivity contribution is 0.360. The van der Waals surface area contributed by atoms with Gasteiger partial charge in [-0.2, -0.15) is 0 Å². The first-order valence-electron chi connectivity index (χ1n) is 19.7. The van der Waals surface area contributed by atoms with Crippen LogP contribution in [0, 0.1) is 0 Å². The summed E-state index contributed by atoms with van der Waals surface area (Å²) in [6.07, 6.45) is 7.38. The first-order valence-corrected chi connectivity index (χ1v) is 19.7. The Bertz CT molecular complexity index is 2720. The first kappa shape index (κ1) is 34.3. The van der Waals surface area contributed by atoms with Crippen molar-refractivity contribution in [3.63, 3.8) is 0 Å². The van der Waals surface area contributed by atoms with Crippen LogP contribution in [0.25, 0.3) is 11.1 Å². The van der Waals surface area contributed by atoms with Gasteiger partial charge in [-0.15, -0.1) is 0 Å². The van der Waals surface area contributed by atoms with Crippen LogP contribution in [-0.2, 0) is 5.41 Å². The highest BCUT2D eigenvalue weighted by Gasteiger charge is 2.48. The van der Waals surface area contributed by atoms with E-state index in [2.05, 4.69) is 159 Å². The molecule has 6 nitrogen and oxygen atoms in total. The molecule has 0 radical (unpaired) electrons. The van der Waals surface area contributed by atoms with E-state index in [1.165, 1.54) is 5.56 Å². The number of anilines is 6. The highest BCUT2D eigenvalue weighted by atomic mass is 16.6. The molecule has 9 aromatic rings. The van der Waals surface area contributed by atoms with E-state index in [1.54, 1.807) is 0 Å². The third-order valence-corrected chi connectivity index (χ3v) is 11.4. The summed E-state index contributed by atoms with van der Waals surface area (Å²) in [7, 11) is 0. The molecule has 1 aliphatic heterocycles. The summed E-state index contributed by atoms with van der Waals surface area (Å²) in [6, 6.07) is 67.9. The lowest BCUT2D eigenvalue weighted by atomic mass is 9.67. The Labute approximate surface area is 342 Å². The number of ether oxygens (including phenoxy) is 2. The van der Waals surface area contributed by atoms with Gasteiger partial charge in [0.2, 0.25) is 0 Å². The number of pyridine rings is 2. The standard InChI is InChI=1S/C53H36N4O2/c1-3-12-39(13-4-1)56(43-31-34-54-35-32-43)41-25-21-37(22-26-41)53(38-23-27-42(28-24-38)57(40-14-5-2-6-15-40)44-16-11-33-55-36-44)46-18-8-7-17-45(46)51-47(53)29-30-50-52(51)59-49-20-10-9-19-48(49)58-50/h1-36H. The number of aromatic nitrogens is 2. The molecule has 280 valence electrons. The molecule has 1 atom stereocenters. The van der Waals surface area contributed by atoms with Crippen molar-refractivity contribution >= 4 is 34.1 Å². The third kappa shape index (κ3) is 5.64. The molecule has 1 aliphatic carbocycles. The number of fused-ring (bicyclic) bond motifs is 6. The molecular weight excluding hydrogens is 725 g/mol. The Morgan fingerprint density at radius 3 is 1.51 bits per heavy atom. The van der Waals surface area contributed by atoms with Gasteiger partial charge in [-0.1, -0.05) is 103 Å². The molecule has 2 aliphatic rings. The number of para-hydroxylation sites is 4. The van der Waals surface area contributed by atoms with E-state index < -0.39 is 5.41 Å². The highest BCUT2D eigenvalue weighted by Crippen LogP contribution is 2.62. The number of rotatable bonds is 8. The molecule has 11 rings (SSSR count). The fourth-order valence-electron chi connectivity index (χ4n) is 8.88. The summed E-state index contributed by atoms with van der Waals surface area (Å²) in [4.78, 5) is 13.3. The van der Waals surface area contributed by atoms with Crippen LogP contribution in [0.3, 0.4) is 0 Å². The highest BCUT2D eigenvalue weighted by molar-refractivity contribution is 5.92. The van der Waals surface area contributed by atoms with Crippen LogP contribution in [0.2, 0.25) is 0 Å². The maximum atomic E-state index is 6.79. The number of hydrogen-bond acceptors (Lipinski definition) is 6. The predicted octanol–water partition coefficient (Wildman–Crippen LogP) is 13.7. The average molecular weight is 761 g/mol. The largest absolute Gasteiger partial charge is 0.449 e. The molecule has 1 unspecified atom stereocenters. The minimum Gasteiger partial charge on any atom is -0.449 e. The molecule has 2 aromatic heterocycles. The Kier molecular flexibility index (Phi) is 8.26. The molecule has 7 aromatic carbocycles. The molecule has 0 saturated carbocycles. The van der Waals surface area contributed by atoms with Gasteiger partial charge in [0.05, 0.1) is 17.3 Å². The fraction of sp³-hybridized carbons (Fsp3) is 0.0189. The van der Waals surface area contributed by atoms with Crippen LogP contribution in [0.15, 0.2) is 219 Å². The molecule has 0 amide bonds. The lowest BCUT2D eigenvalue weighted by Gasteiger charge is -2.35. The van der Waals surface area contributed by atoms with Crippen LogP contribution in [0.4, 0.5) is 34.1 Å². The van der Waals surface area contributed by atoms with E-state index in [1.807, 2.05) is 79.4 Å². The first-order chi connectivity index (χ1) is 29.3. The lowest BCUT2D eigenvalue weighted by Crippen LogP contribution is -2.28. The van der Waals surface area contributed by atoms with Crippen LogP contribution >= 0.6 is 0 Å². The summed E-state index contributed by atoms with van der Waals surface area (Å²) in [5, 5.41) is 0. The molecule has 0 spiro atoms. The Morgan fingerprint density at radius 2 is 0.881 bits per heavy atom. The molecule has 6 heteroatoms. The van der Waals surface area contributed by atoms with Gasteiger partial charge in [-0.05, 0) is 119 Å². The molecule has 0 saturated heterocycles. The van der Waals surface area contributed by atoms with Gasteiger partial charge >= 0.3 is 0 Å². The van der Waals surface area contributed by atoms with Gasteiger partial charge in [-0.25, -0.2) is 0 Å². The fourth-order valence-corrected chi connectivity index (χ4v) is 8.88. The smallest absolute Gasteiger partial charge is 0.178 e. The molecule has 0 bridgehead atoms. The van der Waals surface area contributed by atoms with Gasteiger partial charge in [-0.3, -0.25) is 9.97 Å². The zero-order valence-electron chi connectivity index (χ0n) is 31.9. The average Bonchev–Trinajstić information content (AvgIpc) is 3.62. The van der Waals surface area contributed by atoms with Crippen molar-refractivity contribution in [2.45, 2.75) is 5.41 Å². The number of nitrogens with zero attached hydrogens (tertiary/aromatic N) is 4. The van der Waals surface area contributed by atoms with E-state index in [0.29, 0.717) is 17.2 Å². The third-order valence-electron chi connectivity index (χ3n) is 11.4.